The molecule has 0 saturated carbocycles. The Morgan fingerprint density at radius 1 is 0.962 bits per heavy atom. The molecule has 1 heterocycles. The van der Waals surface area contributed by atoms with Crippen molar-refractivity contribution in [2.24, 2.45) is 0 Å². The number of nitrogens with zero attached hydrogens (tertiary/aromatic N) is 1. The normalized spacial score (nSPS) is 11.3. The summed E-state index contributed by atoms with van der Waals surface area (Å²) in [4.78, 5) is 0. The van der Waals surface area contributed by atoms with E-state index in [0.717, 1.165) is 25.2 Å². The van der Waals surface area contributed by atoms with E-state index in [0.29, 0.717) is 10.0 Å². The summed E-state index contributed by atoms with van der Waals surface area (Å²) in [5.41, 5.74) is 3.75. The van der Waals surface area contributed by atoms with Crippen molar-refractivity contribution in [3.63, 3.8) is 0 Å². The van der Waals surface area contributed by atoms with Crippen LogP contribution in [-0.4, -0.2) is 11.1 Å². The van der Waals surface area contributed by atoms with Crippen molar-refractivity contribution in [1.82, 2.24) is 9.88 Å². The predicted octanol–water partition coefficient (Wildman–Crippen LogP) is 6.67. The van der Waals surface area contributed by atoms with Crippen LogP contribution in [0.15, 0.2) is 48.7 Å². The quantitative estimate of drug-likeness (QED) is 0.405. The molecule has 0 fully saturated rings. The van der Waals surface area contributed by atoms with Crippen LogP contribution in [0.2, 0.25) is 10.0 Å². The molecule has 0 radical (unpaired) electrons. The second kappa shape index (κ2) is 9.45. The van der Waals surface area contributed by atoms with Crippen molar-refractivity contribution >= 4 is 34.1 Å². The average molecular weight is 389 g/mol. The second-order valence-corrected chi connectivity index (χ2v) is 7.60. The highest BCUT2D eigenvalue weighted by Crippen LogP contribution is 2.26. The number of para-hydroxylation sites is 1. The molecule has 1 aromatic heterocycles. The number of hydrogen-bond donors (Lipinski definition) is 1. The van der Waals surface area contributed by atoms with Crippen molar-refractivity contribution in [3.8, 4) is 0 Å². The number of unbranched alkanes of at least 4 members (excludes halogenated alkanes) is 3. The zero-order valence-electron chi connectivity index (χ0n) is 15.3. The molecule has 3 aromatic rings. The molecule has 0 saturated heterocycles. The lowest BCUT2D eigenvalue weighted by Crippen LogP contribution is -2.14. The minimum atomic E-state index is 0.598. The van der Waals surface area contributed by atoms with E-state index in [2.05, 4.69) is 47.3 Å². The van der Waals surface area contributed by atoms with E-state index in [-0.39, 0.29) is 0 Å². The maximum Gasteiger partial charge on any atom is 0.0595 e. The van der Waals surface area contributed by atoms with E-state index in [1.165, 1.54) is 42.1 Å². The molecule has 2 aromatic carbocycles. The Morgan fingerprint density at radius 2 is 1.81 bits per heavy atom. The van der Waals surface area contributed by atoms with Gasteiger partial charge in [-0.25, -0.2) is 0 Å². The van der Waals surface area contributed by atoms with E-state index in [9.17, 15) is 0 Å². The summed E-state index contributed by atoms with van der Waals surface area (Å²) in [5.74, 6) is 0. The summed E-state index contributed by atoms with van der Waals surface area (Å²) in [5, 5.41) is 6.11. The first kappa shape index (κ1) is 19.3. The van der Waals surface area contributed by atoms with Crippen LogP contribution >= 0.6 is 23.2 Å². The Labute approximate surface area is 166 Å². The summed E-state index contributed by atoms with van der Waals surface area (Å²) >= 11 is 12.2. The van der Waals surface area contributed by atoms with Gasteiger partial charge in [0.05, 0.1) is 10.0 Å². The Bertz CT molecular complexity index is 854. The molecule has 0 spiro atoms. The molecule has 2 nitrogen and oxygen atoms in total. The first-order valence-electron chi connectivity index (χ1n) is 9.40. The fourth-order valence-corrected chi connectivity index (χ4v) is 3.65. The van der Waals surface area contributed by atoms with Crippen molar-refractivity contribution in [1.29, 1.82) is 0 Å². The standard InChI is InChI=1S/C22H26Cl2N2/c1-2-3-4-7-12-25-14-18-16-26(22-9-6-5-8-19(18)22)15-17-10-11-20(23)21(24)13-17/h5-6,8-11,13,16,25H,2-4,7,12,14-15H2,1H3. The molecule has 26 heavy (non-hydrogen) atoms. The minimum absolute atomic E-state index is 0.598. The van der Waals surface area contributed by atoms with Crippen LogP contribution < -0.4 is 5.32 Å². The number of nitrogens with one attached hydrogen (secondary N) is 1. The van der Waals surface area contributed by atoms with E-state index in [1.54, 1.807) is 0 Å². The fourth-order valence-electron chi connectivity index (χ4n) is 3.33. The van der Waals surface area contributed by atoms with Crippen LogP contribution in [0.3, 0.4) is 0 Å². The third-order valence-electron chi connectivity index (χ3n) is 4.73. The van der Waals surface area contributed by atoms with Gasteiger partial charge in [0.1, 0.15) is 0 Å². The zero-order chi connectivity index (χ0) is 18.4. The van der Waals surface area contributed by atoms with Crippen molar-refractivity contribution in [2.75, 3.05) is 6.54 Å². The summed E-state index contributed by atoms with van der Waals surface area (Å²) < 4.78 is 2.29. The monoisotopic (exact) mass is 388 g/mol. The summed E-state index contributed by atoms with van der Waals surface area (Å²) in [6.45, 7) is 5.01. The first-order chi connectivity index (χ1) is 12.7. The molecular weight excluding hydrogens is 363 g/mol. The van der Waals surface area contributed by atoms with Gasteiger partial charge in [0.2, 0.25) is 0 Å². The number of fused-ring (bicyclic) bond motifs is 1. The summed E-state index contributed by atoms with van der Waals surface area (Å²) in [6.07, 6.45) is 7.41. The maximum absolute atomic E-state index is 6.17. The SMILES string of the molecule is CCCCCCNCc1cn(Cc2ccc(Cl)c(Cl)c2)c2ccccc12. The van der Waals surface area contributed by atoms with Crippen LogP contribution in [0.5, 0.6) is 0 Å². The second-order valence-electron chi connectivity index (χ2n) is 6.79. The Kier molecular flexibility index (Phi) is 7.01. The van der Waals surface area contributed by atoms with Crippen LogP contribution in [0.4, 0.5) is 0 Å². The van der Waals surface area contributed by atoms with E-state index in [4.69, 9.17) is 23.2 Å². The predicted molar refractivity (Wildman–Crippen MR) is 113 cm³/mol. The van der Waals surface area contributed by atoms with Gasteiger partial charge in [-0.15, -0.1) is 0 Å². The van der Waals surface area contributed by atoms with Crippen molar-refractivity contribution in [3.05, 3.63) is 69.8 Å². The fraction of sp³-hybridized carbons (Fsp3) is 0.364. The van der Waals surface area contributed by atoms with E-state index in [1.807, 2.05) is 18.2 Å². The smallest absolute Gasteiger partial charge is 0.0595 e. The first-order valence-corrected chi connectivity index (χ1v) is 10.2. The van der Waals surface area contributed by atoms with Gasteiger partial charge >= 0.3 is 0 Å². The number of halogens is 2. The highest BCUT2D eigenvalue weighted by atomic mass is 35.5. The molecule has 3 rings (SSSR count). The molecule has 0 atom stereocenters. The Morgan fingerprint density at radius 3 is 2.62 bits per heavy atom. The van der Waals surface area contributed by atoms with Crippen molar-refractivity contribution < 1.29 is 0 Å². The number of aromatic nitrogens is 1. The number of hydrogen-bond acceptors (Lipinski definition) is 1. The molecule has 138 valence electrons. The highest BCUT2D eigenvalue weighted by Gasteiger charge is 2.09. The van der Waals surface area contributed by atoms with Gasteiger partial charge in [0.15, 0.2) is 0 Å². The molecular formula is C22H26Cl2N2. The van der Waals surface area contributed by atoms with Gasteiger partial charge in [-0.1, -0.05) is 73.7 Å². The minimum Gasteiger partial charge on any atom is -0.343 e. The van der Waals surface area contributed by atoms with Crippen LogP contribution in [-0.2, 0) is 13.1 Å². The van der Waals surface area contributed by atoms with E-state index >= 15 is 0 Å². The van der Waals surface area contributed by atoms with Gasteiger partial charge in [-0.3, -0.25) is 0 Å². The van der Waals surface area contributed by atoms with Crippen LogP contribution in [0, 0.1) is 0 Å². The Hall–Kier alpha value is -1.48. The lowest BCUT2D eigenvalue weighted by molar-refractivity contribution is 0.598. The average Bonchev–Trinajstić information content (AvgIpc) is 2.99. The molecule has 0 amide bonds. The van der Waals surface area contributed by atoms with Gasteiger partial charge in [-0.05, 0) is 42.3 Å². The van der Waals surface area contributed by atoms with Crippen LogP contribution in [0.1, 0.15) is 43.7 Å². The van der Waals surface area contributed by atoms with Gasteiger partial charge in [-0.2, -0.15) is 0 Å². The molecule has 0 unspecified atom stereocenters. The van der Waals surface area contributed by atoms with Crippen molar-refractivity contribution in [2.45, 2.75) is 45.7 Å². The zero-order valence-corrected chi connectivity index (χ0v) is 16.8. The lowest BCUT2D eigenvalue weighted by Gasteiger charge is -2.07. The molecule has 4 heteroatoms. The molecule has 0 aliphatic heterocycles. The topological polar surface area (TPSA) is 17.0 Å². The largest absolute Gasteiger partial charge is 0.343 e. The third kappa shape index (κ3) is 4.82. The lowest BCUT2D eigenvalue weighted by atomic mass is 10.1. The van der Waals surface area contributed by atoms with E-state index < -0.39 is 0 Å². The molecule has 0 aliphatic rings. The molecule has 0 bridgehead atoms. The maximum atomic E-state index is 6.17. The summed E-state index contributed by atoms with van der Waals surface area (Å²) in [7, 11) is 0. The molecule has 0 aliphatic carbocycles. The number of benzene rings is 2. The van der Waals surface area contributed by atoms with Gasteiger partial charge < -0.3 is 9.88 Å². The van der Waals surface area contributed by atoms with Gasteiger partial charge in [0.25, 0.3) is 0 Å². The Balaban J connectivity index is 1.73. The molecule has 1 N–H and O–H groups in total. The van der Waals surface area contributed by atoms with Crippen LogP contribution in [0.25, 0.3) is 10.9 Å². The van der Waals surface area contributed by atoms with Gasteiger partial charge in [0, 0.05) is 30.2 Å². The highest BCUT2D eigenvalue weighted by molar-refractivity contribution is 6.42. The number of rotatable bonds is 9. The third-order valence-corrected chi connectivity index (χ3v) is 5.47. The summed E-state index contributed by atoms with van der Waals surface area (Å²) in [6, 6.07) is 14.4.